The molecule has 0 radical (unpaired) electrons. The molecule has 1 heterocycles. The fourth-order valence-corrected chi connectivity index (χ4v) is 2.89. The molecule has 1 unspecified atom stereocenters. The van der Waals surface area contributed by atoms with Crippen molar-refractivity contribution in [3.05, 3.63) is 35.6 Å². The molecule has 0 saturated carbocycles. The van der Waals surface area contributed by atoms with Crippen molar-refractivity contribution in [3.63, 3.8) is 0 Å². The zero-order valence-corrected chi connectivity index (χ0v) is 12.8. The Morgan fingerprint density at radius 1 is 1.32 bits per heavy atom. The largest absolute Gasteiger partial charge is 0.461 e. The first kappa shape index (κ1) is 14.5. The molecule has 0 saturated heterocycles. The van der Waals surface area contributed by atoms with E-state index in [1.165, 1.54) is 23.1 Å². The topological polar surface area (TPSA) is 25.2 Å². The summed E-state index contributed by atoms with van der Waals surface area (Å²) in [4.78, 5) is 0. The number of thioether (sulfide) groups is 1. The molecule has 104 valence electrons. The Morgan fingerprint density at radius 3 is 2.84 bits per heavy atom. The number of benzene rings is 1. The molecular weight excluding hydrogens is 254 g/mol. The number of nitrogens with one attached hydrogen (secondary N) is 1. The van der Waals surface area contributed by atoms with Gasteiger partial charge in [-0.05, 0) is 31.4 Å². The minimum absolute atomic E-state index is 0.547. The molecule has 0 aliphatic carbocycles. The summed E-state index contributed by atoms with van der Waals surface area (Å²) in [7, 11) is 0. The van der Waals surface area contributed by atoms with E-state index in [0.717, 1.165) is 24.3 Å². The van der Waals surface area contributed by atoms with Gasteiger partial charge in [0.1, 0.15) is 11.3 Å². The zero-order valence-electron chi connectivity index (χ0n) is 12.0. The Bertz CT molecular complexity index is 520. The van der Waals surface area contributed by atoms with Gasteiger partial charge in [-0.2, -0.15) is 11.8 Å². The van der Waals surface area contributed by atoms with E-state index in [0.29, 0.717) is 6.04 Å². The van der Waals surface area contributed by atoms with E-state index in [1.807, 2.05) is 17.8 Å². The highest BCUT2D eigenvalue weighted by atomic mass is 32.2. The lowest BCUT2D eigenvalue weighted by Gasteiger charge is -2.13. The molecule has 3 heteroatoms. The van der Waals surface area contributed by atoms with Gasteiger partial charge in [0, 0.05) is 30.0 Å². The molecule has 0 bridgehead atoms. The maximum atomic E-state index is 5.92. The molecule has 1 atom stereocenters. The third kappa shape index (κ3) is 3.54. The standard InChI is InChI=1S/C16H23NOS/c1-4-15-14(11-17-12(2)9-10-19-3)13-7-5-6-8-16(13)18-15/h5-8,12,17H,4,9-11H2,1-3H3. The highest BCUT2D eigenvalue weighted by Gasteiger charge is 2.12. The zero-order chi connectivity index (χ0) is 13.7. The van der Waals surface area contributed by atoms with Crippen molar-refractivity contribution < 1.29 is 4.42 Å². The number of hydrogen-bond acceptors (Lipinski definition) is 3. The summed E-state index contributed by atoms with van der Waals surface area (Å²) in [5.74, 6) is 2.33. The van der Waals surface area contributed by atoms with Gasteiger partial charge in [0.05, 0.1) is 0 Å². The van der Waals surface area contributed by atoms with Crippen molar-refractivity contribution in [1.82, 2.24) is 5.32 Å². The normalized spacial score (nSPS) is 13.0. The van der Waals surface area contributed by atoms with Gasteiger partial charge in [-0.15, -0.1) is 0 Å². The highest BCUT2D eigenvalue weighted by molar-refractivity contribution is 7.98. The fraction of sp³-hybridized carbons (Fsp3) is 0.500. The fourth-order valence-electron chi connectivity index (χ4n) is 2.30. The third-order valence-corrected chi connectivity index (χ3v) is 4.13. The molecule has 1 aromatic carbocycles. The minimum atomic E-state index is 0.547. The summed E-state index contributed by atoms with van der Waals surface area (Å²) in [6.07, 6.45) is 4.31. The third-order valence-electron chi connectivity index (χ3n) is 3.49. The summed E-state index contributed by atoms with van der Waals surface area (Å²) in [6, 6.07) is 8.86. The lowest BCUT2D eigenvalue weighted by molar-refractivity contribution is 0.515. The van der Waals surface area contributed by atoms with Crippen LogP contribution >= 0.6 is 11.8 Å². The number of furan rings is 1. The summed E-state index contributed by atoms with van der Waals surface area (Å²) in [5, 5.41) is 4.87. The average molecular weight is 277 g/mol. The number of aryl methyl sites for hydroxylation is 1. The second-order valence-electron chi connectivity index (χ2n) is 4.92. The van der Waals surface area contributed by atoms with Crippen LogP contribution in [0.1, 0.15) is 31.6 Å². The Balaban J connectivity index is 2.10. The van der Waals surface area contributed by atoms with Crippen LogP contribution < -0.4 is 5.32 Å². The van der Waals surface area contributed by atoms with Gasteiger partial charge in [0.25, 0.3) is 0 Å². The molecule has 2 aromatic rings. The monoisotopic (exact) mass is 277 g/mol. The van der Waals surface area contributed by atoms with Crippen LogP contribution in [-0.4, -0.2) is 18.1 Å². The molecule has 2 nitrogen and oxygen atoms in total. The van der Waals surface area contributed by atoms with Gasteiger partial charge in [-0.25, -0.2) is 0 Å². The number of para-hydroxylation sites is 1. The van der Waals surface area contributed by atoms with Crippen LogP contribution in [0.2, 0.25) is 0 Å². The van der Waals surface area contributed by atoms with Crippen LogP contribution in [-0.2, 0) is 13.0 Å². The van der Waals surface area contributed by atoms with Crippen molar-refractivity contribution in [1.29, 1.82) is 0 Å². The van der Waals surface area contributed by atoms with E-state index in [1.54, 1.807) is 0 Å². The number of rotatable bonds is 7. The maximum absolute atomic E-state index is 5.92. The summed E-state index contributed by atoms with van der Waals surface area (Å²) in [6.45, 7) is 5.30. The SMILES string of the molecule is CCc1oc2ccccc2c1CNC(C)CCSC. The van der Waals surface area contributed by atoms with Crippen molar-refractivity contribution in [3.8, 4) is 0 Å². The molecule has 1 N–H and O–H groups in total. The van der Waals surface area contributed by atoms with E-state index in [4.69, 9.17) is 4.42 Å². The van der Waals surface area contributed by atoms with Crippen LogP contribution in [0.4, 0.5) is 0 Å². The van der Waals surface area contributed by atoms with Crippen LogP contribution in [0.3, 0.4) is 0 Å². The first-order valence-corrected chi connectivity index (χ1v) is 8.37. The van der Waals surface area contributed by atoms with Gasteiger partial charge >= 0.3 is 0 Å². The summed E-state index contributed by atoms with van der Waals surface area (Å²) < 4.78 is 5.92. The average Bonchev–Trinajstić information content (AvgIpc) is 2.80. The van der Waals surface area contributed by atoms with Crippen molar-refractivity contribution in [2.45, 2.75) is 39.3 Å². The molecule has 0 aliphatic rings. The van der Waals surface area contributed by atoms with Crippen LogP contribution in [0, 0.1) is 0 Å². The van der Waals surface area contributed by atoms with Gasteiger partial charge in [0.15, 0.2) is 0 Å². The van der Waals surface area contributed by atoms with Gasteiger partial charge in [0.2, 0.25) is 0 Å². The van der Waals surface area contributed by atoms with E-state index < -0.39 is 0 Å². The van der Waals surface area contributed by atoms with Crippen molar-refractivity contribution in [2.24, 2.45) is 0 Å². The van der Waals surface area contributed by atoms with E-state index >= 15 is 0 Å². The quantitative estimate of drug-likeness (QED) is 0.820. The molecule has 0 aliphatic heterocycles. The van der Waals surface area contributed by atoms with E-state index in [2.05, 4.69) is 43.6 Å². The molecule has 0 spiro atoms. The number of fused-ring (bicyclic) bond motifs is 1. The van der Waals surface area contributed by atoms with Crippen LogP contribution in [0.5, 0.6) is 0 Å². The Morgan fingerprint density at radius 2 is 2.11 bits per heavy atom. The van der Waals surface area contributed by atoms with Crippen molar-refractivity contribution in [2.75, 3.05) is 12.0 Å². The summed E-state index contributed by atoms with van der Waals surface area (Å²) in [5.41, 5.74) is 2.34. The maximum Gasteiger partial charge on any atom is 0.134 e. The van der Waals surface area contributed by atoms with Crippen molar-refractivity contribution >= 4 is 22.7 Å². The van der Waals surface area contributed by atoms with E-state index in [-0.39, 0.29) is 0 Å². The second-order valence-corrected chi connectivity index (χ2v) is 5.90. The predicted octanol–water partition coefficient (Wildman–Crippen LogP) is 4.23. The summed E-state index contributed by atoms with van der Waals surface area (Å²) >= 11 is 1.90. The lowest BCUT2D eigenvalue weighted by Crippen LogP contribution is -2.26. The second kappa shape index (κ2) is 7.01. The predicted molar refractivity (Wildman–Crippen MR) is 84.9 cm³/mol. The number of hydrogen-bond donors (Lipinski definition) is 1. The molecule has 2 rings (SSSR count). The molecular formula is C16H23NOS. The molecule has 0 amide bonds. The van der Waals surface area contributed by atoms with Crippen LogP contribution in [0.25, 0.3) is 11.0 Å². The smallest absolute Gasteiger partial charge is 0.134 e. The Labute approximate surface area is 119 Å². The van der Waals surface area contributed by atoms with Gasteiger partial charge in [-0.1, -0.05) is 25.1 Å². The van der Waals surface area contributed by atoms with E-state index in [9.17, 15) is 0 Å². The van der Waals surface area contributed by atoms with Gasteiger partial charge in [-0.3, -0.25) is 0 Å². The Hall–Kier alpha value is -0.930. The first-order valence-electron chi connectivity index (χ1n) is 6.97. The van der Waals surface area contributed by atoms with Gasteiger partial charge < -0.3 is 9.73 Å². The molecule has 1 aromatic heterocycles. The minimum Gasteiger partial charge on any atom is -0.461 e. The molecule has 19 heavy (non-hydrogen) atoms. The Kier molecular flexibility index (Phi) is 5.34. The highest BCUT2D eigenvalue weighted by Crippen LogP contribution is 2.26. The first-order chi connectivity index (χ1) is 9.26. The lowest BCUT2D eigenvalue weighted by atomic mass is 10.1. The molecule has 0 fully saturated rings. The van der Waals surface area contributed by atoms with Crippen LogP contribution in [0.15, 0.2) is 28.7 Å².